The average Bonchev–Trinajstić information content (AvgIpc) is 3.39. The van der Waals surface area contributed by atoms with Crippen LogP contribution in [0.4, 0.5) is 25.1 Å². The third-order valence-corrected chi connectivity index (χ3v) is 5.27. The van der Waals surface area contributed by atoms with Crippen molar-refractivity contribution in [1.82, 2.24) is 24.7 Å². The van der Waals surface area contributed by atoms with Crippen molar-refractivity contribution < 1.29 is 17.9 Å². The van der Waals surface area contributed by atoms with Crippen LogP contribution < -0.4 is 15.0 Å². The first-order chi connectivity index (χ1) is 15.8. The van der Waals surface area contributed by atoms with Gasteiger partial charge in [-0.3, -0.25) is 4.57 Å². The summed E-state index contributed by atoms with van der Waals surface area (Å²) in [6, 6.07) is 7.09. The van der Waals surface area contributed by atoms with E-state index in [1.165, 1.54) is 18.2 Å². The van der Waals surface area contributed by atoms with Gasteiger partial charge in [0.25, 0.3) is 0 Å². The van der Waals surface area contributed by atoms with E-state index in [1.54, 1.807) is 18.5 Å². The molecule has 1 aliphatic rings. The van der Waals surface area contributed by atoms with Crippen molar-refractivity contribution in [2.45, 2.75) is 45.6 Å². The summed E-state index contributed by atoms with van der Waals surface area (Å²) in [6.45, 7) is 6.09. The predicted molar refractivity (Wildman–Crippen MR) is 117 cm³/mol. The van der Waals surface area contributed by atoms with Gasteiger partial charge in [0, 0.05) is 38.1 Å². The first-order valence-corrected chi connectivity index (χ1v) is 10.8. The number of nitrogens with one attached hydrogen (secondary N) is 1. The fraction of sp³-hybridized carbons (Fsp3) is 0.455. The summed E-state index contributed by atoms with van der Waals surface area (Å²) in [4.78, 5) is 10.5. The second kappa shape index (κ2) is 9.63. The molecular formula is C22H26F3N7O. The molecule has 33 heavy (non-hydrogen) atoms. The molecule has 3 aromatic rings. The number of aromatic nitrogens is 5. The summed E-state index contributed by atoms with van der Waals surface area (Å²) in [6.07, 6.45) is -0.250. The standard InChI is InChI=1S/C22H26F3N7O/c1-15(2)12-32-19(14-33-18-7-4-3-6-17(18)22(23,24)25)29-30-21(32)31-11-8-16(13-31)28-20-26-9-5-10-27-20/h3-7,9-10,15-16H,8,11-14H2,1-2H3,(H,26,27,28). The van der Waals surface area contributed by atoms with Crippen LogP contribution in [-0.2, 0) is 19.3 Å². The maximum atomic E-state index is 13.3. The highest BCUT2D eigenvalue weighted by atomic mass is 19.4. The second-order valence-corrected chi connectivity index (χ2v) is 8.35. The van der Waals surface area contributed by atoms with Crippen molar-refractivity contribution >= 4 is 11.9 Å². The Bertz CT molecular complexity index is 1060. The molecule has 2 aromatic heterocycles. The summed E-state index contributed by atoms with van der Waals surface area (Å²) in [5.74, 6) is 1.81. The molecule has 0 amide bonds. The molecular weight excluding hydrogens is 435 g/mol. The highest BCUT2D eigenvalue weighted by molar-refractivity contribution is 5.38. The Morgan fingerprint density at radius 1 is 1.12 bits per heavy atom. The molecule has 1 saturated heterocycles. The quantitative estimate of drug-likeness (QED) is 0.543. The molecule has 1 aromatic carbocycles. The molecule has 1 unspecified atom stereocenters. The number of nitrogens with zero attached hydrogens (tertiary/aromatic N) is 6. The molecule has 1 atom stereocenters. The van der Waals surface area contributed by atoms with Crippen LogP contribution in [-0.4, -0.2) is 43.9 Å². The molecule has 0 spiro atoms. The Morgan fingerprint density at radius 3 is 2.61 bits per heavy atom. The number of hydrogen-bond donors (Lipinski definition) is 1. The van der Waals surface area contributed by atoms with Crippen LogP contribution in [0.3, 0.4) is 0 Å². The van der Waals surface area contributed by atoms with E-state index in [0.29, 0.717) is 30.8 Å². The van der Waals surface area contributed by atoms with Crippen LogP contribution in [0.15, 0.2) is 42.7 Å². The number of hydrogen-bond acceptors (Lipinski definition) is 7. The van der Waals surface area contributed by atoms with Crippen LogP contribution in [0.5, 0.6) is 5.75 Å². The molecule has 0 saturated carbocycles. The number of rotatable bonds is 8. The minimum atomic E-state index is -4.49. The molecule has 4 rings (SSSR count). The van der Waals surface area contributed by atoms with Crippen molar-refractivity contribution in [2.24, 2.45) is 5.92 Å². The SMILES string of the molecule is CC(C)Cn1c(COc2ccccc2C(F)(F)F)nnc1N1CCC(Nc2ncccn2)C1. The maximum Gasteiger partial charge on any atom is 0.419 e. The van der Waals surface area contributed by atoms with Crippen molar-refractivity contribution in [3.05, 3.63) is 54.1 Å². The Labute approximate surface area is 189 Å². The van der Waals surface area contributed by atoms with E-state index < -0.39 is 11.7 Å². The van der Waals surface area contributed by atoms with Gasteiger partial charge in [-0.25, -0.2) is 9.97 Å². The number of alkyl halides is 3. The van der Waals surface area contributed by atoms with Gasteiger partial charge < -0.3 is 15.0 Å². The zero-order chi connectivity index (χ0) is 23.4. The van der Waals surface area contributed by atoms with Gasteiger partial charge in [0.15, 0.2) is 5.82 Å². The monoisotopic (exact) mass is 461 g/mol. The van der Waals surface area contributed by atoms with E-state index in [-0.39, 0.29) is 24.3 Å². The zero-order valence-electron chi connectivity index (χ0n) is 18.5. The van der Waals surface area contributed by atoms with E-state index in [1.807, 2.05) is 4.57 Å². The normalized spacial score (nSPS) is 16.4. The first-order valence-electron chi connectivity index (χ1n) is 10.8. The van der Waals surface area contributed by atoms with Gasteiger partial charge in [-0.15, -0.1) is 10.2 Å². The minimum absolute atomic E-state index is 0.111. The largest absolute Gasteiger partial charge is 0.485 e. The average molecular weight is 461 g/mol. The lowest BCUT2D eigenvalue weighted by Crippen LogP contribution is -2.29. The molecule has 11 heteroatoms. The van der Waals surface area contributed by atoms with E-state index in [2.05, 4.69) is 44.2 Å². The van der Waals surface area contributed by atoms with E-state index in [4.69, 9.17) is 4.74 Å². The molecule has 1 aliphatic heterocycles. The predicted octanol–water partition coefficient (Wildman–Crippen LogP) is 4.01. The number of ether oxygens (including phenoxy) is 1. The summed E-state index contributed by atoms with van der Waals surface area (Å²) < 4.78 is 47.4. The lowest BCUT2D eigenvalue weighted by Gasteiger charge is -2.21. The Morgan fingerprint density at radius 2 is 1.88 bits per heavy atom. The molecule has 1 N–H and O–H groups in total. The smallest absolute Gasteiger partial charge is 0.419 e. The summed E-state index contributed by atoms with van der Waals surface area (Å²) >= 11 is 0. The third kappa shape index (κ3) is 5.52. The summed E-state index contributed by atoms with van der Waals surface area (Å²) in [5, 5.41) is 11.9. The summed E-state index contributed by atoms with van der Waals surface area (Å²) in [5.41, 5.74) is -0.809. The van der Waals surface area contributed by atoms with Crippen LogP contribution in [0, 0.1) is 5.92 Å². The van der Waals surface area contributed by atoms with Crippen LogP contribution in [0.1, 0.15) is 31.7 Å². The number of anilines is 2. The molecule has 0 bridgehead atoms. The van der Waals surface area contributed by atoms with Crippen molar-refractivity contribution in [2.75, 3.05) is 23.3 Å². The van der Waals surface area contributed by atoms with Gasteiger partial charge >= 0.3 is 6.18 Å². The summed E-state index contributed by atoms with van der Waals surface area (Å²) in [7, 11) is 0. The topological polar surface area (TPSA) is 81.0 Å². The molecule has 0 aliphatic carbocycles. The number of benzene rings is 1. The molecule has 1 fully saturated rings. The number of para-hydroxylation sites is 1. The van der Waals surface area contributed by atoms with Crippen LogP contribution in [0.2, 0.25) is 0 Å². The van der Waals surface area contributed by atoms with Gasteiger partial charge in [0.05, 0.1) is 5.56 Å². The van der Waals surface area contributed by atoms with Gasteiger partial charge in [-0.05, 0) is 30.5 Å². The van der Waals surface area contributed by atoms with Crippen molar-refractivity contribution in [3.63, 3.8) is 0 Å². The Balaban J connectivity index is 1.49. The number of halogens is 3. The lowest BCUT2D eigenvalue weighted by molar-refractivity contribution is -0.139. The van der Waals surface area contributed by atoms with E-state index in [0.717, 1.165) is 19.0 Å². The van der Waals surface area contributed by atoms with Crippen molar-refractivity contribution in [3.8, 4) is 5.75 Å². The van der Waals surface area contributed by atoms with Crippen molar-refractivity contribution in [1.29, 1.82) is 0 Å². The second-order valence-electron chi connectivity index (χ2n) is 8.35. The van der Waals surface area contributed by atoms with Gasteiger partial charge in [0.2, 0.25) is 11.9 Å². The van der Waals surface area contributed by atoms with Gasteiger partial charge in [-0.2, -0.15) is 13.2 Å². The first kappa shape index (κ1) is 22.8. The molecule has 176 valence electrons. The molecule has 0 radical (unpaired) electrons. The van der Waals surface area contributed by atoms with E-state index >= 15 is 0 Å². The molecule has 3 heterocycles. The Kier molecular flexibility index (Phi) is 6.66. The highest BCUT2D eigenvalue weighted by Gasteiger charge is 2.34. The van der Waals surface area contributed by atoms with E-state index in [9.17, 15) is 13.2 Å². The van der Waals surface area contributed by atoms with Gasteiger partial charge in [0.1, 0.15) is 12.4 Å². The molecule has 8 nitrogen and oxygen atoms in total. The van der Waals surface area contributed by atoms with Gasteiger partial charge in [-0.1, -0.05) is 26.0 Å². The van der Waals surface area contributed by atoms with Crippen LogP contribution >= 0.6 is 0 Å². The Hall–Kier alpha value is -3.37. The lowest BCUT2D eigenvalue weighted by atomic mass is 10.2. The minimum Gasteiger partial charge on any atom is -0.485 e. The fourth-order valence-electron chi connectivity index (χ4n) is 3.80. The maximum absolute atomic E-state index is 13.3. The third-order valence-electron chi connectivity index (χ3n) is 5.27. The van der Waals surface area contributed by atoms with Crippen LogP contribution in [0.25, 0.3) is 0 Å². The zero-order valence-corrected chi connectivity index (χ0v) is 18.5. The highest BCUT2D eigenvalue weighted by Crippen LogP contribution is 2.36. The fourth-order valence-corrected chi connectivity index (χ4v) is 3.80.